The smallest absolute Gasteiger partial charge is 0.341 e. The Balaban J connectivity index is 4.32. The van der Waals surface area contributed by atoms with Crippen molar-refractivity contribution in [2.45, 2.75) is 6.92 Å². The van der Waals surface area contributed by atoms with E-state index in [2.05, 4.69) is 13.8 Å². The first-order valence-corrected chi connectivity index (χ1v) is 4.69. The summed E-state index contributed by atoms with van der Waals surface area (Å²) in [5.41, 5.74) is 8.56. The minimum atomic E-state index is -3.04. The Morgan fingerprint density at radius 2 is 2.00 bits per heavy atom. The van der Waals surface area contributed by atoms with Gasteiger partial charge in [0.05, 0.1) is 0 Å². The van der Waals surface area contributed by atoms with Gasteiger partial charge in [0.1, 0.15) is 6.16 Å². The zero-order chi connectivity index (χ0) is 8.91. The van der Waals surface area contributed by atoms with Crippen LogP contribution in [0.1, 0.15) is 6.92 Å². The molecule has 0 aromatic heterocycles. The Morgan fingerprint density at radius 1 is 1.55 bits per heavy atom. The Labute approximate surface area is 65.5 Å². The van der Waals surface area contributed by atoms with Gasteiger partial charge in [0.2, 0.25) is 0 Å². The zero-order valence-electron chi connectivity index (χ0n) is 6.77. The molecule has 64 valence electrons. The van der Waals surface area contributed by atoms with Crippen LogP contribution in [0.4, 0.5) is 0 Å². The Kier molecular flexibility index (Phi) is 4.23. The van der Waals surface area contributed by atoms with Gasteiger partial charge in [-0.25, -0.2) is 0 Å². The van der Waals surface area contributed by atoms with Gasteiger partial charge in [-0.1, -0.05) is 0 Å². The maximum Gasteiger partial charge on any atom is 0.341 e. The van der Waals surface area contributed by atoms with E-state index in [9.17, 15) is 4.57 Å². The predicted molar refractivity (Wildman–Crippen MR) is 40.8 cm³/mol. The first kappa shape index (κ1) is 10.5. The van der Waals surface area contributed by atoms with Crippen LogP contribution in [0.2, 0.25) is 0 Å². The van der Waals surface area contributed by atoms with Crippen LogP contribution in [0, 0.1) is 0 Å². The van der Waals surface area contributed by atoms with Crippen molar-refractivity contribution in [3.8, 4) is 0 Å². The van der Waals surface area contributed by atoms with Crippen LogP contribution in [0.25, 0.3) is 5.53 Å². The maximum absolute atomic E-state index is 11.3. The van der Waals surface area contributed by atoms with Gasteiger partial charge in [0, 0.05) is 21.1 Å². The van der Waals surface area contributed by atoms with Crippen molar-refractivity contribution in [1.29, 1.82) is 0 Å². The molecule has 0 saturated carbocycles. The van der Waals surface area contributed by atoms with E-state index < -0.39 is 7.60 Å². The summed E-state index contributed by atoms with van der Waals surface area (Å²) in [4.78, 5) is 2.85. The molecule has 0 aromatic carbocycles. The van der Waals surface area contributed by atoms with Crippen molar-refractivity contribution in [3.63, 3.8) is 0 Å². The van der Waals surface area contributed by atoms with E-state index in [1.165, 1.54) is 21.1 Å². The number of rotatable bonds is 4. The summed E-state index contributed by atoms with van der Waals surface area (Å²) in [6.07, 6.45) is 0.0104. The molecule has 0 heterocycles. The molecule has 0 N–H and O–H groups in total. The van der Waals surface area contributed by atoms with Gasteiger partial charge in [-0.05, 0) is 0 Å². The standard InChI is InChI=1S/C5H11N2O3P/c1-5(7-6)4-11(8,9-2)10-3/h4H2,1-3H3. The van der Waals surface area contributed by atoms with Gasteiger partial charge < -0.3 is 14.6 Å². The lowest BCUT2D eigenvalue weighted by atomic mass is 10.5. The highest BCUT2D eigenvalue weighted by molar-refractivity contribution is 7.54. The number of hydrogen-bond donors (Lipinski definition) is 0. The molecule has 11 heavy (non-hydrogen) atoms. The summed E-state index contributed by atoms with van der Waals surface area (Å²) in [6.45, 7) is 1.53. The minimum Gasteiger partial charge on any atom is -0.362 e. The van der Waals surface area contributed by atoms with E-state index in [1.807, 2.05) is 0 Å². The Bertz CT molecular complexity index is 214. The van der Waals surface area contributed by atoms with Crippen LogP contribution in [0.5, 0.6) is 0 Å². The summed E-state index contributed by atoms with van der Waals surface area (Å²) in [7, 11) is -0.471. The highest BCUT2D eigenvalue weighted by Gasteiger charge is 2.25. The van der Waals surface area contributed by atoms with Crippen molar-refractivity contribution in [1.82, 2.24) is 0 Å². The second-order valence-corrected chi connectivity index (χ2v) is 4.24. The molecule has 0 amide bonds. The summed E-state index contributed by atoms with van der Waals surface area (Å²) in [5.74, 6) is 0. The van der Waals surface area contributed by atoms with Gasteiger partial charge in [-0.3, -0.25) is 4.57 Å². The molecule has 5 nitrogen and oxygen atoms in total. The highest BCUT2D eigenvalue weighted by Crippen LogP contribution is 2.45. The third-order valence-corrected chi connectivity index (χ3v) is 3.11. The van der Waals surface area contributed by atoms with E-state index in [-0.39, 0.29) is 6.16 Å². The van der Waals surface area contributed by atoms with Crippen LogP contribution in [-0.4, -0.2) is 30.9 Å². The predicted octanol–water partition coefficient (Wildman–Crippen LogP) is 1.16. The molecule has 0 atom stereocenters. The largest absolute Gasteiger partial charge is 0.362 e. The summed E-state index contributed by atoms with van der Waals surface area (Å²) in [6, 6.07) is 0. The van der Waals surface area contributed by atoms with Gasteiger partial charge >= 0.3 is 7.60 Å². The molecule has 6 heteroatoms. The Morgan fingerprint density at radius 3 is 2.27 bits per heavy atom. The van der Waals surface area contributed by atoms with Crippen molar-refractivity contribution < 1.29 is 18.4 Å². The molecule has 0 fully saturated rings. The SMILES string of the molecule is COP(=O)(CC(C)=[N+]=[N-])OC. The molecule has 0 spiro atoms. The van der Waals surface area contributed by atoms with Crippen LogP contribution in [0.15, 0.2) is 0 Å². The van der Waals surface area contributed by atoms with Crippen LogP contribution < -0.4 is 0 Å². The van der Waals surface area contributed by atoms with Crippen LogP contribution >= 0.6 is 7.60 Å². The fourth-order valence-electron chi connectivity index (χ4n) is 0.516. The molecule has 0 bridgehead atoms. The topological polar surface area (TPSA) is 71.9 Å². The normalized spacial score (nSPS) is 10.8. The molecular weight excluding hydrogens is 167 g/mol. The van der Waals surface area contributed by atoms with E-state index >= 15 is 0 Å². The molecule has 0 aliphatic heterocycles. The average Bonchev–Trinajstić information content (AvgIpc) is 2.04. The fourth-order valence-corrected chi connectivity index (χ4v) is 1.55. The first-order valence-electron chi connectivity index (χ1n) is 2.96. The lowest BCUT2D eigenvalue weighted by molar-refractivity contribution is -0.00657. The molecular formula is C5H11N2O3P. The third kappa shape index (κ3) is 3.44. The first-order chi connectivity index (χ1) is 5.08. The zero-order valence-corrected chi connectivity index (χ0v) is 7.67. The minimum absolute atomic E-state index is 0.0104. The molecule has 0 rings (SSSR count). The molecule has 0 saturated heterocycles. The van der Waals surface area contributed by atoms with Crippen molar-refractivity contribution in [2.24, 2.45) is 0 Å². The number of nitrogens with zero attached hydrogens (tertiary/aromatic N) is 2. The summed E-state index contributed by atoms with van der Waals surface area (Å²) >= 11 is 0. The quantitative estimate of drug-likeness (QED) is 0.280. The second kappa shape index (κ2) is 4.42. The highest BCUT2D eigenvalue weighted by atomic mass is 31.2. The lowest BCUT2D eigenvalue weighted by Crippen LogP contribution is -2.04. The maximum atomic E-state index is 11.3. The average molecular weight is 178 g/mol. The second-order valence-electron chi connectivity index (χ2n) is 1.97. The van der Waals surface area contributed by atoms with Crippen molar-refractivity contribution in [2.75, 3.05) is 20.4 Å². The molecule has 0 aliphatic rings. The summed E-state index contributed by atoms with van der Waals surface area (Å²) < 4.78 is 20.5. The third-order valence-electron chi connectivity index (χ3n) is 1.15. The van der Waals surface area contributed by atoms with Crippen molar-refractivity contribution >= 4 is 13.3 Å². The molecule has 0 unspecified atom stereocenters. The molecule has 0 aromatic rings. The van der Waals surface area contributed by atoms with E-state index in [4.69, 9.17) is 5.53 Å². The molecule has 0 aliphatic carbocycles. The van der Waals surface area contributed by atoms with Crippen LogP contribution in [-0.2, 0) is 13.6 Å². The van der Waals surface area contributed by atoms with Gasteiger partial charge in [0.15, 0.2) is 0 Å². The van der Waals surface area contributed by atoms with Crippen LogP contribution in [0.3, 0.4) is 0 Å². The fraction of sp³-hybridized carbons (Fsp3) is 0.800. The van der Waals surface area contributed by atoms with Gasteiger partial charge in [0.25, 0.3) is 5.71 Å². The van der Waals surface area contributed by atoms with Crippen molar-refractivity contribution in [3.05, 3.63) is 5.53 Å². The number of hydrogen-bond acceptors (Lipinski definition) is 3. The van der Waals surface area contributed by atoms with E-state index in [0.29, 0.717) is 5.71 Å². The molecule has 0 radical (unpaired) electrons. The van der Waals surface area contributed by atoms with E-state index in [0.717, 1.165) is 0 Å². The van der Waals surface area contributed by atoms with E-state index in [1.54, 1.807) is 0 Å². The van der Waals surface area contributed by atoms with Gasteiger partial charge in [-0.2, -0.15) is 4.79 Å². The van der Waals surface area contributed by atoms with Gasteiger partial charge in [-0.15, -0.1) is 0 Å². The summed E-state index contributed by atoms with van der Waals surface area (Å²) in [5, 5.41) is 0. The Hall–Kier alpha value is -0.470. The monoisotopic (exact) mass is 178 g/mol. The lowest BCUT2D eigenvalue weighted by Gasteiger charge is -2.09.